The van der Waals surface area contributed by atoms with Gasteiger partial charge in [-0.3, -0.25) is 14.6 Å². The number of carbonyl (C=O) groups excluding carboxylic acids is 1. The van der Waals surface area contributed by atoms with E-state index in [0.29, 0.717) is 24.1 Å². The molecule has 0 amide bonds. The summed E-state index contributed by atoms with van der Waals surface area (Å²) in [7, 11) is 0. The van der Waals surface area contributed by atoms with E-state index in [2.05, 4.69) is 4.99 Å². The number of carboxylic acids is 1. The number of aliphatic hydroxyl groups is 1. The van der Waals surface area contributed by atoms with Crippen LogP contribution in [-0.2, 0) is 9.59 Å². The predicted octanol–water partition coefficient (Wildman–Crippen LogP) is 3.26. The molecule has 0 spiro atoms. The molecular formula is C18H21NO4. The van der Waals surface area contributed by atoms with Gasteiger partial charge in [0.1, 0.15) is 5.76 Å². The second-order valence-electron chi connectivity index (χ2n) is 6.50. The smallest absolute Gasteiger partial charge is 0.305 e. The van der Waals surface area contributed by atoms with Gasteiger partial charge in [-0.1, -0.05) is 44.2 Å². The van der Waals surface area contributed by atoms with Gasteiger partial charge in [-0.25, -0.2) is 0 Å². The Labute approximate surface area is 135 Å². The summed E-state index contributed by atoms with van der Waals surface area (Å²) in [5.74, 6) is -1.18. The molecule has 122 valence electrons. The lowest BCUT2D eigenvalue weighted by molar-refractivity contribution is -0.136. The molecular weight excluding hydrogens is 294 g/mol. The van der Waals surface area contributed by atoms with Gasteiger partial charge in [0, 0.05) is 24.2 Å². The molecule has 1 saturated carbocycles. The van der Waals surface area contributed by atoms with E-state index in [0.717, 1.165) is 0 Å². The number of aliphatic imine (C=N–C) groups is 1. The monoisotopic (exact) mass is 315 g/mol. The van der Waals surface area contributed by atoms with Crippen LogP contribution in [0.15, 0.2) is 40.9 Å². The van der Waals surface area contributed by atoms with Crippen molar-refractivity contribution in [1.82, 2.24) is 0 Å². The summed E-state index contributed by atoms with van der Waals surface area (Å²) in [6, 6.07) is 8.85. The SMILES string of the molecule is CC1(C)CC(=O)/C(=C(\O)c2ccccc2)C(=NCCC(=O)O)C1. The fourth-order valence-electron chi connectivity index (χ4n) is 2.72. The Morgan fingerprint density at radius 3 is 2.43 bits per heavy atom. The first-order valence-corrected chi connectivity index (χ1v) is 7.57. The molecule has 5 heteroatoms. The van der Waals surface area contributed by atoms with Crippen molar-refractivity contribution in [1.29, 1.82) is 0 Å². The number of Topliss-reactive ketones (excluding diaryl/α,β-unsaturated/α-hetero) is 1. The van der Waals surface area contributed by atoms with E-state index in [1.165, 1.54) is 0 Å². The van der Waals surface area contributed by atoms with Crippen LogP contribution in [0.25, 0.3) is 5.76 Å². The van der Waals surface area contributed by atoms with Crippen molar-refractivity contribution in [2.24, 2.45) is 10.4 Å². The molecule has 0 unspecified atom stereocenters. The quantitative estimate of drug-likeness (QED) is 0.659. The molecule has 1 aromatic rings. The van der Waals surface area contributed by atoms with Gasteiger partial charge in [0.15, 0.2) is 5.78 Å². The van der Waals surface area contributed by atoms with Crippen molar-refractivity contribution in [2.45, 2.75) is 33.1 Å². The maximum Gasteiger partial charge on any atom is 0.305 e. The highest BCUT2D eigenvalue weighted by molar-refractivity contribution is 6.28. The number of hydrogen-bond donors (Lipinski definition) is 2. The zero-order chi connectivity index (χ0) is 17.0. The van der Waals surface area contributed by atoms with E-state index in [9.17, 15) is 14.7 Å². The lowest BCUT2D eigenvalue weighted by Crippen LogP contribution is -2.32. The largest absolute Gasteiger partial charge is 0.506 e. The van der Waals surface area contributed by atoms with Crippen molar-refractivity contribution < 1.29 is 19.8 Å². The minimum Gasteiger partial charge on any atom is -0.506 e. The summed E-state index contributed by atoms with van der Waals surface area (Å²) in [5, 5.41) is 19.3. The molecule has 0 aromatic heterocycles. The fourth-order valence-corrected chi connectivity index (χ4v) is 2.72. The third-order valence-corrected chi connectivity index (χ3v) is 3.76. The summed E-state index contributed by atoms with van der Waals surface area (Å²) in [6.07, 6.45) is 0.763. The topological polar surface area (TPSA) is 87.0 Å². The number of hydrogen-bond acceptors (Lipinski definition) is 4. The highest BCUT2D eigenvalue weighted by Crippen LogP contribution is 2.36. The highest BCUT2D eigenvalue weighted by Gasteiger charge is 2.36. The van der Waals surface area contributed by atoms with Gasteiger partial charge in [0.25, 0.3) is 0 Å². The third kappa shape index (κ3) is 4.28. The summed E-state index contributed by atoms with van der Waals surface area (Å²) in [4.78, 5) is 27.5. The molecule has 1 fully saturated rings. The first-order valence-electron chi connectivity index (χ1n) is 7.57. The van der Waals surface area contributed by atoms with Crippen LogP contribution < -0.4 is 0 Å². The molecule has 0 bridgehead atoms. The van der Waals surface area contributed by atoms with Gasteiger partial charge in [-0.15, -0.1) is 0 Å². The highest BCUT2D eigenvalue weighted by atomic mass is 16.4. The van der Waals surface area contributed by atoms with Crippen molar-refractivity contribution in [3.63, 3.8) is 0 Å². The number of carboxylic acid groups (broad SMARTS) is 1. The molecule has 0 saturated heterocycles. The summed E-state index contributed by atoms with van der Waals surface area (Å²) >= 11 is 0. The molecule has 5 nitrogen and oxygen atoms in total. The van der Waals surface area contributed by atoms with E-state index in [4.69, 9.17) is 5.11 Å². The minimum absolute atomic E-state index is 0.0832. The van der Waals surface area contributed by atoms with Crippen molar-refractivity contribution in [3.8, 4) is 0 Å². The van der Waals surface area contributed by atoms with Crippen LogP contribution in [-0.4, -0.2) is 34.2 Å². The van der Waals surface area contributed by atoms with Gasteiger partial charge >= 0.3 is 5.97 Å². The maximum absolute atomic E-state index is 12.5. The first-order chi connectivity index (χ1) is 10.8. The zero-order valence-corrected chi connectivity index (χ0v) is 13.4. The predicted molar refractivity (Wildman–Crippen MR) is 88.6 cm³/mol. The Bertz CT molecular complexity index is 672. The van der Waals surface area contributed by atoms with Gasteiger partial charge in [-0.05, 0) is 11.8 Å². The second kappa shape index (κ2) is 6.77. The van der Waals surface area contributed by atoms with Crippen molar-refractivity contribution in [3.05, 3.63) is 41.5 Å². The second-order valence-corrected chi connectivity index (χ2v) is 6.50. The summed E-state index contributed by atoms with van der Waals surface area (Å²) in [5.41, 5.74) is 1.02. The number of ketones is 1. The van der Waals surface area contributed by atoms with Crippen LogP contribution in [0, 0.1) is 5.41 Å². The Kier molecular flexibility index (Phi) is 4.98. The number of nitrogens with zero attached hydrogens (tertiary/aromatic N) is 1. The number of carbonyl (C=O) groups is 2. The Morgan fingerprint density at radius 2 is 1.83 bits per heavy atom. The van der Waals surface area contributed by atoms with Gasteiger partial charge in [0.05, 0.1) is 12.0 Å². The Balaban J connectivity index is 2.44. The van der Waals surface area contributed by atoms with Crippen LogP contribution >= 0.6 is 0 Å². The van der Waals surface area contributed by atoms with E-state index in [1.807, 2.05) is 19.9 Å². The molecule has 0 radical (unpaired) electrons. The number of aliphatic carboxylic acids is 1. The molecule has 1 aromatic carbocycles. The molecule has 0 aliphatic heterocycles. The number of allylic oxidation sites excluding steroid dienone is 1. The number of benzene rings is 1. The fraction of sp³-hybridized carbons (Fsp3) is 0.389. The molecule has 1 aliphatic rings. The lowest BCUT2D eigenvalue weighted by Gasteiger charge is -2.31. The maximum atomic E-state index is 12.5. The van der Waals surface area contributed by atoms with Crippen molar-refractivity contribution >= 4 is 23.2 Å². The zero-order valence-electron chi connectivity index (χ0n) is 13.4. The molecule has 2 rings (SSSR count). The minimum atomic E-state index is -0.937. The van der Waals surface area contributed by atoms with Crippen LogP contribution in [0.5, 0.6) is 0 Å². The van der Waals surface area contributed by atoms with Crippen LogP contribution in [0.3, 0.4) is 0 Å². The lowest BCUT2D eigenvalue weighted by atomic mass is 9.73. The molecule has 23 heavy (non-hydrogen) atoms. The summed E-state index contributed by atoms with van der Waals surface area (Å²) < 4.78 is 0. The molecule has 2 N–H and O–H groups in total. The molecule has 0 heterocycles. The summed E-state index contributed by atoms with van der Waals surface area (Å²) in [6.45, 7) is 4.03. The Morgan fingerprint density at radius 1 is 1.17 bits per heavy atom. The van der Waals surface area contributed by atoms with E-state index in [1.54, 1.807) is 24.3 Å². The van der Waals surface area contributed by atoms with Crippen molar-refractivity contribution in [2.75, 3.05) is 6.54 Å². The number of aliphatic hydroxyl groups excluding tert-OH is 1. The molecule has 0 atom stereocenters. The van der Waals surface area contributed by atoms with Crippen LogP contribution in [0.2, 0.25) is 0 Å². The number of rotatable bonds is 4. The first kappa shape index (κ1) is 16.9. The van der Waals surface area contributed by atoms with Gasteiger partial charge in [-0.2, -0.15) is 0 Å². The van der Waals surface area contributed by atoms with E-state index < -0.39 is 5.97 Å². The van der Waals surface area contributed by atoms with Crippen LogP contribution in [0.4, 0.5) is 0 Å². The van der Waals surface area contributed by atoms with E-state index in [-0.39, 0.29) is 35.5 Å². The van der Waals surface area contributed by atoms with Crippen LogP contribution in [0.1, 0.15) is 38.7 Å². The van der Waals surface area contributed by atoms with Gasteiger partial charge < -0.3 is 10.2 Å². The molecule has 1 aliphatic carbocycles. The average molecular weight is 315 g/mol. The Hall–Kier alpha value is -2.43. The third-order valence-electron chi connectivity index (χ3n) is 3.76. The van der Waals surface area contributed by atoms with Gasteiger partial charge in [0.2, 0.25) is 0 Å². The average Bonchev–Trinajstić information content (AvgIpc) is 2.46. The van der Waals surface area contributed by atoms with E-state index >= 15 is 0 Å². The normalized spacial score (nSPS) is 21.3. The standard InChI is InChI=1S/C18H21NO4/c1-18(2)10-13(19-9-8-15(21)22)16(14(20)11-18)17(23)12-6-4-3-5-7-12/h3-7,23H,8-11H2,1-2H3,(H,21,22)/b17-16-,19-13?.